The average molecular weight is 432 g/mol. The number of ketones is 1. The second kappa shape index (κ2) is 7.06. The topological polar surface area (TPSA) is 65.2 Å². The Bertz CT molecular complexity index is 898. The Morgan fingerprint density at radius 1 is 1.33 bits per heavy atom. The number of piperidine rings is 1. The van der Waals surface area contributed by atoms with Gasteiger partial charge in [0.25, 0.3) is 0 Å². The second-order valence-corrected chi connectivity index (χ2v) is 9.65. The summed E-state index contributed by atoms with van der Waals surface area (Å²) in [6.07, 6.45) is 4.19. The third-order valence-electron chi connectivity index (χ3n) is 5.57. The predicted molar refractivity (Wildman–Crippen MR) is 111 cm³/mol. The summed E-state index contributed by atoms with van der Waals surface area (Å²) in [5, 5.41) is 3.92. The summed E-state index contributed by atoms with van der Waals surface area (Å²) in [5.74, 6) is 0.148. The lowest BCUT2D eigenvalue weighted by Crippen LogP contribution is -2.43. The first kappa shape index (κ1) is 18.7. The van der Waals surface area contributed by atoms with Crippen molar-refractivity contribution >= 4 is 44.2 Å². The molecule has 1 saturated carbocycles. The first-order valence-electron chi connectivity index (χ1n) is 9.70. The van der Waals surface area contributed by atoms with Crippen LogP contribution >= 0.6 is 15.9 Å². The van der Waals surface area contributed by atoms with Crippen molar-refractivity contribution in [2.75, 3.05) is 25.0 Å². The molecule has 0 unspecified atom stereocenters. The largest absolute Gasteiger partial charge is 0.350 e. The fraction of sp³-hybridized carbons (Fsp3) is 0.524. The van der Waals surface area contributed by atoms with Gasteiger partial charge >= 0.3 is 0 Å². The van der Waals surface area contributed by atoms with Crippen LogP contribution in [-0.4, -0.2) is 41.2 Å². The number of Topliss-reactive ketones (excluding diaryl/α,β-unsaturated/α-hetero) is 1. The maximum Gasteiger partial charge on any atom is 0.238 e. The van der Waals surface area contributed by atoms with Gasteiger partial charge in [0, 0.05) is 27.8 Å². The molecule has 1 aromatic heterocycles. The standard InChI is InChI=1S/C21H26BrN3O2/c1-21(2)8-3-9-25(12-21)11-17(26)24-18-15-10-14(22)6-7-16(15)23-19(18)20(27)13-4-5-13/h6-7,10,13,23H,3-5,8-9,11-12H2,1-2H3,(H,24,26). The first-order valence-corrected chi connectivity index (χ1v) is 10.5. The molecule has 2 aliphatic rings. The van der Waals surface area contributed by atoms with E-state index in [4.69, 9.17) is 0 Å². The number of benzene rings is 1. The monoisotopic (exact) mass is 431 g/mol. The van der Waals surface area contributed by atoms with Gasteiger partial charge in [-0.25, -0.2) is 0 Å². The second-order valence-electron chi connectivity index (χ2n) is 8.73. The molecule has 0 bridgehead atoms. The highest BCUT2D eigenvalue weighted by Gasteiger charge is 2.34. The van der Waals surface area contributed by atoms with Crippen LogP contribution in [0.15, 0.2) is 22.7 Å². The number of carbonyl (C=O) groups is 2. The summed E-state index contributed by atoms with van der Waals surface area (Å²) < 4.78 is 0.924. The number of hydrogen-bond donors (Lipinski definition) is 2. The molecule has 27 heavy (non-hydrogen) atoms. The highest BCUT2D eigenvalue weighted by atomic mass is 79.9. The normalized spacial score (nSPS) is 20.0. The van der Waals surface area contributed by atoms with Crippen LogP contribution in [0.25, 0.3) is 10.9 Å². The molecule has 0 spiro atoms. The molecular formula is C21H26BrN3O2. The zero-order valence-electron chi connectivity index (χ0n) is 15.9. The fourth-order valence-corrected chi connectivity index (χ4v) is 4.45. The number of nitrogens with one attached hydrogen (secondary N) is 2. The number of H-pyrrole nitrogens is 1. The molecule has 1 amide bonds. The number of halogens is 1. The molecule has 0 atom stereocenters. The number of nitrogens with zero attached hydrogens (tertiary/aromatic N) is 1. The first-order chi connectivity index (χ1) is 12.8. The van der Waals surface area contributed by atoms with Crippen LogP contribution in [0.1, 0.15) is 50.0 Å². The van der Waals surface area contributed by atoms with Gasteiger partial charge in [0.2, 0.25) is 5.91 Å². The Hall–Kier alpha value is -1.66. The third-order valence-corrected chi connectivity index (χ3v) is 6.06. The maximum atomic E-state index is 12.8. The Morgan fingerprint density at radius 2 is 2.11 bits per heavy atom. The molecule has 4 rings (SSSR count). The van der Waals surface area contributed by atoms with Crippen LogP contribution in [-0.2, 0) is 4.79 Å². The molecule has 6 heteroatoms. The van der Waals surface area contributed by atoms with E-state index in [1.807, 2.05) is 18.2 Å². The van der Waals surface area contributed by atoms with Crippen LogP contribution in [0.3, 0.4) is 0 Å². The molecule has 144 valence electrons. The number of aromatic amines is 1. The Kier molecular flexibility index (Phi) is 4.89. The molecule has 2 heterocycles. The predicted octanol–water partition coefficient (Wildman–Crippen LogP) is 4.58. The van der Waals surface area contributed by atoms with Crippen molar-refractivity contribution in [2.45, 2.75) is 39.5 Å². The van der Waals surface area contributed by atoms with Gasteiger partial charge in [-0.3, -0.25) is 14.5 Å². The van der Waals surface area contributed by atoms with Gasteiger partial charge in [0.05, 0.1) is 12.2 Å². The van der Waals surface area contributed by atoms with E-state index >= 15 is 0 Å². The minimum atomic E-state index is -0.0570. The average Bonchev–Trinajstić information content (AvgIpc) is 3.37. The van der Waals surface area contributed by atoms with Crippen molar-refractivity contribution in [1.82, 2.24) is 9.88 Å². The van der Waals surface area contributed by atoms with Crippen molar-refractivity contribution in [2.24, 2.45) is 11.3 Å². The van der Waals surface area contributed by atoms with Crippen LogP contribution in [0.4, 0.5) is 5.69 Å². The van der Waals surface area contributed by atoms with Gasteiger partial charge in [0.1, 0.15) is 5.69 Å². The summed E-state index contributed by atoms with van der Waals surface area (Å²) in [6, 6.07) is 5.83. The van der Waals surface area contributed by atoms with Crippen LogP contribution in [0, 0.1) is 11.3 Å². The van der Waals surface area contributed by atoms with Gasteiger partial charge in [-0.1, -0.05) is 29.8 Å². The Morgan fingerprint density at radius 3 is 2.81 bits per heavy atom. The maximum absolute atomic E-state index is 12.8. The molecule has 0 radical (unpaired) electrons. The van der Waals surface area contributed by atoms with E-state index in [0.29, 0.717) is 17.9 Å². The zero-order valence-corrected chi connectivity index (χ0v) is 17.5. The Labute approximate surface area is 168 Å². The minimum Gasteiger partial charge on any atom is -0.350 e. The summed E-state index contributed by atoms with van der Waals surface area (Å²) in [5.41, 5.74) is 2.29. The van der Waals surface area contributed by atoms with Crippen LogP contribution < -0.4 is 5.32 Å². The van der Waals surface area contributed by atoms with E-state index in [2.05, 4.69) is 45.0 Å². The van der Waals surface area contributed by atoms with Crippen molar-refractivity contribution in [3.8, 4) is 0 Å². The SMILES string of the molecule is CC1(C)CCCN(CC(=O)Nc2c(C(=O)C3CC3)[nH]c3ccc(Br)cc23)C1. The molecule has 1 aliphatic carbocycles. The van der Waals surface area contributed by atoms with Crippen molar-refractivity contribution in [3.05, 3.63) is 28.4 Å². The van der Waals surface area contributed by atoms with E-state index in [9.17, 15) is 9.59 Å². The molecule has 1 aliphatic heterocycles. The highest BCUT2D eigenvalue weighted by molar-refractivity contribution is 9.10. The van der Waals surface area contributed by atoms with E-state index in [1.54, 1.807) is 0 Å². The van der Waals surface area contributed by atoms with Crippen molar-refractivity contribution < 1.29 is 9.59 Å². The summed E-state index contributed by atoms with van der Waals surface area (Å²) in [4.78, 5) is 31.0. The lowest BCUT2D eigenvalue weighted by Gasteiger charge is -2.37. The van der Waals surface area contributed by atoms with Crippen LogP contribution in [0.5, 0.6) is 0 Å². The quantitative estimate of drug-likeness (QED) is 0.680. The third kappa shape index (κ3) is 4.11. The van der Waals surface area contributed by atoms with E-state index in [1.165, 1.54) is 6.42 Å². The number of fused-ring (bicyclic) bond motifs is 1. The lowest BCUT2D eigenvalue weighted by molar-refractivity contribution is -0.118. The number of carbonyl (C=O) groups excluding carboxylic acids is 2. The van der Waals surface area contributed by atoms with E-state index < -0.39 is 0 Å². The smallest absolute Gasteiger partial charge is 0.238 e. The number of hydrogen-bond acceptors (Lipinski definition) is 3. The minimum absolute atomic E-state index is 0.0570. The van der Waals surface area contributed by atoms with Gasteiger partial charge in [-0.15, -0.1) is 0 Å². The molecule has 2 N–H and O–H groups in total. The molecule has 2 aromatic rings. The molecule has 1 aromatic carbocycles. The van der Waals surface area contributed by atoms with Crippen molar-refractivity contribution in [1.29, 1.82) is 0 Å². The lowest BCUT2D eigenvalue weighted by atomic mass is 9.84. The molecule has 5 nitrogen and oxygen atoms in total. The van der Waals surface area contributed by atoms with Gasteiger partial charge in [0.15, 0.2) is 5.78 Å². The number of likely N-dealkylation sites (tertiary alicyclic amines) is 1. The summed E-state index contributed by atoms with van der Waals surface area (Å²) in [6.45, 7) is 6.74. The molecule has 2 fully saturated rings. The fourth-order valence-electron chi connectivity index (χ4n) is 4.09. The number of anilines is 1. The molecular weight excluding hydrogens is 406 g/mol. The number of aromatic nitrogens is 1. The number of amides is 1. The van der Waals surface area contributed by atoms with E-state index in [0.717, 1.165) is 47.7 Å². The van der Waals surface area contributed by atoms with Gasteiger partial charge in [-0.2, -0.15) is 0 Å². The highest BCUT2D eigenvalue weighted by Crippen LogP contribution is 2.38. The van der Waals surface area contributed by atoms with Gasteiger partial charge in [-0.05, 0) is 55.8 Å². The summed E-state index contributed by atoms with van der Waals surface area (Å²) >= 11 is 3.49. The Balaban J connectivity index is 1.58. The van der Waals surface area contributed by atoms with Crippen LogP contribution in [0.2, 0.25) is 0 Å². The van der Waals surface area contributed by atoms with Gasteiger partial charge < -0.3 is 10.3 Å². The zero-order chi connectivity index (χ0) is 19.2. The van der Waals surface area contributed by atoms with E-state index in [-0.39, 0.29) is 23.0 Å². The molecule has 1 saturated heterocycles. The summed E-state index contributed by atoms with van der Waals surface area (Å²) in [7, 11) is 0. The number of rotatable bonds is 5. The van der Waals surface area contributed by atoms with Crippen molar-refractivity contribution in [3.63, 3.8) is 0 Å².